The van der Waals surface area contributed by atoms with E-state index in [1.54, 1.807) is 0 Å². The van der Waals surface area contributed by atoms with Gasteiger partial charge in [-0.2, -0.15) is 12.1 Å². The van der Waals surface area contributed by atoms with Crippen molar-refractivity contribution >= 4 is 53.2 Å². The molecule has 0 heterocycles. The van der Waals surface area contributed by atoms with Gasteiger partial charge in [0.25, 0.3) is 0 Å². The van der Waals surface area contributed by atoms with Crippen molar-refractivity contribution in [2.75, 3.05) is 0 Å². The Morgan fingerprint density at radius 1 is 0.605 bits per heavy atom. The number of aryl methyl sites for hydroxylation is 2. The minimum absolute atomic E-state index is 0. The Bertz CT molecular complexity index is 1700. The average molecular weight is 703 g/mol. The van der Waals surface area contributed by atoms with Gasteiger partial charge in [-0.15, -0.1) is 87.3 Å². The molecule has 0 nitrogen and oxygen atoms in total. The van der Waals surface area contributed by atoms with Crippen LogP contribution in [0, 0.1) is 42.5 Å². The summed E-state index contributed by atoms with van der Waals surface area (Å²) in [6.07, 6.45) is 0. The Balaban J connectivity index is 0.000000714. The van der Waals surface area contributed by atoms with Gasteiger partial charge in [-0.3, -0.25) is 0 Å². The van der Waals surface area contributed by atoms with Crippen LogP contribution in [0.3, 0.4) is 0 Å². The van der Waals surface area contributed by atoms with E-state index in [0.29, 0.717) is 5.92 Å². The summed E-state index contributed by atoms with van der Waals surface area (Å²) < 4.78 is 0. The zero-order chi connectivity index (χ0) is 28.1. The molecule has 0 saturated heterocycles. The molecular weight excluding hydrogens is 659 g/mol. The Morgan fingerprint density at radius 2 is 1.16 bits per heavy atom. The number of hydrogen-bond acceptors (Lipinski definition) is 0. The van der Waals surface area contributed by atoms with Crippen molar-refractivity contribution in [1.82, 2.24) is 0 Å². The van der Waals surface area contributed by atoms with E-state index in [0.717, 1.165) is 0 Å². The van der Waals surface area contributed by atoms with Gasteiger partial charge >= 0.3 is 30.2 Å². The zero-order valence-corrected chi connectivity index (χ0v) is 31.8. The monoisotopic (exact) mass is 700 g/mol. The Morgan fingerprint density at radius 3 is 1.72 bits per heavy atom. The molecule has 0 bridgehead atoms. The van der Waals surface area contributed by atoms with Crippen LogP contribution in [0.5, 0.6) is 0 Å². The molecule has 6 rings (SSSR count). The number of rotatable bonds is 3. The topological polar surface area (TPSA) is 0 Å². The molecule has 0 amide bonds. The maximum atomic E-state index is 3.06. The number of hydrogen-bond donors (Lipinski definition) is 0. The van der Waals surface area contributed by atoms with Crippen LogP contribution in [0.15, 0.2) is 103 Å². The fraction of sp³-hybridized carbons (Fsp3) is 0.179. The molecule has 226 valence electrons. The quantitative estimate of drug-likeness (QED) is 0.127. The summed E-state index contributed by atoms with van der Waals surface area (Å²) in [6.45, 7) is 16.4. The standard InChI is InChI=1S/C19H19.C18H17.2CH3.2ClH.Si.Zr/c1-12-10-17-14(3)13(2)15(4)19(18(17)11-12)16-8-6-5-7-9-16;1-13(2)16-11-15-9-6-10-17(18(15)12-16)14-7-4-3-5-8-14;;;;;;/h5-11H,1-4H3;3-13H,1-2H3;2*1H3;2*1H;;/q4*-1;;;;. The van der Waals surface area contributed by atoms with E-state index >= 15 is 0 Å². The minimum atomic E-state index is 0. The van der Waals surface area contributed by atoms with Crippen LogP contribution in [0.1, 0.15) is 47.6 Å². The molecule has 0 unspecified atom stereocenters. The molecule has 0 aliphatic rings. The third kappa shape index (κ3) is 8.92. The molecule has 0 N–H and O–H groups in total. The van der Waals surface area contributed by atoms with Crippen molar-refractivity contribution in [3.63, 3.8) is 0 Å². The van der Waals surface area contributed by atoms with E-state index in [4.69, 9.17) is 0 Å². The normalized spacial score (nSPS) is 9.72. The van der Waals surface area contributed by atoms with Crippen LogP contribution in [-0.4, -0.2) is 6.88 Å². The van der Waals surface area contributed by atoms with Crippen molar-refractivity contribution in [3.05, 3.63) is 146 Å². The molecule has 0 atom stereocenters. The van der Waals surface area contributed by atoms with Gasteiger partial charge < -0.3 is 14.9 Å². The molecule has 0 saturated carbocycles. The van der Waals surface area contributed by atoms with E-state index in [9.17, 15) is 0 Å². The first-order chi connectivity index (χ1) is 18.8. The molecule has 6 aromatic carbocycles. The molecule has 6 aromatic rings. The molecule has 0 fully saturated rings. The van der Waals surface area contributed by atoms with Gasteiger partial charge in [0.05, 0.1) is 0 Å². The predicted molar refractivity (Wildman–Crippen MR) is 196 cm³/mol. The fourth-order valence-corrected chi connectivity index (χ4v) is 5.48. The van der Waals surface area contributed by atoms with Crippen molar-refractivity contribution in [1.29, 1.82) is 0 Å². The van der Waals surface area contributed by atoms with Gasteiger partial charge in [0.15, 0.2) is 0 Å². The Kier molecular flexibility index (Phi) is 17.6. The zero-order valence-electron chi connectivity index (χ0n) is 26.7. The number of fused-ring (bicyclic) bond motifs is 2. The summed E-state index contributed by atoms with van der Waals surface area (Å²) in [5.74, 6) is 0.584. The van der Waals surface area contributed by atoms with Crippen LogP contribution < -0.4 is 0 Å². The molecular formula is C39H44Cl2SiZr-4. The summed E-state index contributed by atoms with van der Waals surface area (Å²) in [6, 6.07) is 37.2. The van der Waals surface area contributed by atoms with Gasteiger partial charge in [0.1, 0.15) is 0 Å². The van der Waals surface area contributed by atoms with E-state index < -0.39 is 0 Å². The summed E-state index contributed by atoms with van der Waals surface area (Å²) in [4.78, 5) is 0. The van der Waals surface area contributed by atoms with Gasteiger partial charge in [-0.1, -0.05) is 117 Å². The molecule has 4 heteroatoms. The van der Waals surface area contributed by atoms with Crippen LogP contribution in [-0.2, 0) is 23.3 Å². The molecule has 0 aromatic heterocycles. The molecule has 0 aliphatic heterocycles. The van der Waals surface area contributed by atoms with E-state index in [1.807, 2.05) is 0 Å². The fourth-order valence-electron chi connectivity index (χ4n) is 5.48. The van der Waals surface area contributed by atoms with Crippen molar-refractivity contribution < 1.29 is 23.3 Å². The first kappa shape index (κ1) is 40.8. The molecule has 43 heavy (non-hydrogen) atoms. The van der Waals surface area contributed by atoms with Gasteiger partial charge in [0, 0.05) is 0 Å². The van der Waals surface area contributed by atoms with Gasteiger partial charge in [0.2, 0.25) is 0 Å². The Hall–Kier alpha value is -2.22. The van der Waals surface area contributed by atoms with Crippen molar-refractivity contribution in [3.8, 4) is 22.3 Å². The SMILES string of the molecule is CC(C)c1cc2c(-c3ccccc3)cccc2[cH-]1.Cc1cc2c(-c3ccccc3)c(C)c(C)c(C)c2[cH-]1.Cl.Cl.[CH3-].[CH3-].[Si]=[Zr]. The Labute approximate surface area is 290 Å². The predicted octanol–water partition coefficient (Wildman–Crippen LogP) is 12.2. The van der Waals surface area contributed by atoms with Crippen LogP contribution in [0.4, 0.5) is 0 Å². The molecule has 0 aliphatic carbocycles. The second-order valence-corrected chi connectivity index (χ2v) is 10.6. The van der Waals surface area contributed by atoms with Crippen LogP contribution in [0.25, 0.3) is 43.8 Å². The third-order valence-electron chi connectivity index (χ3n) is 7.79. The third-order valence-corrected chi connectivity index (χ3v) is 7.79. The van der Waals surface area contributed by atoms with Crippen molar-refractivity contribution in [2.24, 2.45) is 0 Å². The molecule has 2 radical (unpaired) electrons. The average Bonchev–Trinajstić information content (AvgIpc) is 3.58. The van der Waals surface area contributed by atoms with E-state index in [2.05, 4.69) is 152 Å². The first-order valence-electron chi connectivity index (χ1n) is 13.6. The van der Waals surface area contributed by atoms with E-state index in [-0.39, 0.29) is 39.7 Å². The number of benzene rings is 4. The van der Waals surface area contributed by atoms with E-state index in [1.165, 1.54) is 95.0 Å². The van der Waals surface area contributed by atoms with Gasteiger partial charge in [-0.05, 0) is 30.9 Å². The summed E-state index contributed by atoms with van der Waals surface area (Å²) in [5, 5.41) is 5.51. The first-order valence-corrected chi connectivity index (χ1v) is 17.8. The second-order valence-electron chi connectivity index (χ2n) is 10.6. The van der Waals surface area contributed by atoms with Gasteiger partial charge in [-0.25, -0.2) is 0 Å². The van der Waals surface area contributed by atoms with Crippen LogP contribution in [0.2, 0.25) is 0 Å². The summed E-state index contributed by atoms with van der Waals surface area (Å²) in [5.41, 5.74) is 12.3. The van der Waals surface area contributed by atoms with Crippen molar-refractivity contribution in [2.45, 2.75) is 47.5 Å². The molecule has 0 spiro atoms. The number of halogens is 2. The second kappa shape index (κ2) is 18.6. The summed E-state index contributed by atoms with van der Waals surface area (Å²) in [7, 11) is 0. The maximum absolute atomic E-state index is 3.06. The van der Waals surface area contributed by atoms with Crippen LogP contribution >= 0.6 is 24.8 Å². The summed E-state index contributed by atoms with van der Waals surface area (Å²) >= 11 is 1.36.